The van der Waals surface area contributed by atoms with Gasteiger partial charge in [-0.15, -0.1) is 0 Å². The smallest absolute Gasteiger partial charge is 0.576 e. The normalized spacial score (nSPS) is 15.1. The molecule has 0 radical (unpaired) electrons. The Labute approximate surface area is 254 Å². The number of allylic oxidation sites excluding steroid dienone is 3. The van der Waals surface area contributed by atoms with Gasteiger partial charge >= 0.3 is 15.1 Å². The highest BCUT2D eigenvalue weighted by Crippen LogP contribution is 2.33. The largest absolute Gasteiger partial charge is 1.20 e. The van der Waals surface area contributed by atoms with Gasteiger partial charge in [-0.25, -0.2) is 0 Å². The Morgan fingerprint density at radius 1 is 0.512 bits per heavy atom. The van der Waals surface area contributed by atoms with E-state index in [4.69, 9.17) is 11.4 Å². The van der Waals surface area contributed by atoms with E-state index in [1.807, 2.05) is 0 Å². The first-order valence-electron chi connectivity index (χ1n) is 12.6. The molecule has 3 aromatic rings. The fourth-order valence-corrected chi connectivity index (χ4v) is 7.91. The Hall–Kier alpha value is -4.33. The Morgan fingerprint density at radius 2 is 0.814 bits per heavy atom. The Morgan fingerprint density at radius 3 is 1.09 bits per heavy atom. The number of fused-ring (bicyclic) bond motifs is 3. The summed E-state index contributed by atoms with van der Waals surface area (Å²) in [6.07, 6.45) is 9.34. The minimum atomic E-state index is -3.38. The molecule has 3 aliphatic rings. The van der Waals surface area contributed by atoms with Crippen LogP contribution in [0.2, 0.25) is 0 Å². The van der Waals surface area contributed by atoms with Gasteiger partial charge in [-0.3, -0.25) is 15.0 Å². The standard InChI is InChI=1S/3C9H7NO3S.Al/c3*11-7-3-4-8(14(12)13)6-2-1-5-10-9(6)7;/h3*1-3,5,11H,4H2;/q;;;+3/p-3. The fraction of sp³-hybridized carbons (Fsp3) is 0.111. The number of pyridine rings is 3. The van der Waals surface area contributed by atoms with Crippen LogP contribution in [0.1, 0.15) is 53.0 Å². The number of rotatable bonds is 6. The second kappa shape index (κ2) is 12.1. The van der Waals surface area contributed by atoms with Crippen LogP contribution in [0.3, 0.4) is 0 Å². The highest BCUT2D eigenvalue weighted by Gasteiger charge is 2.48. The van der Waals surface area contributed by atoms with Crippen molar-refractivity contribution in [2.45, 2.75) is 19.3 Å². The lowest BCUT2D eigenvalue weighted by molar-refractivity contribution is 0.254. The van der Waals surface area contributed by atoms with Gasteiger partial charge in [0.1, 0.15) is 34.4 Å². The summed E-state index contributed by atoms with van der Waals surface area (Å²) in [4.78, 5) is 13.5. The third-order valence-electron chi connectivity index (χ3n) is 6.72. The molecule has 0 fully saturated rings. The van der Waals surface area contributed by atoms with Gasteiger partial charge in [-0.2, -0.15) is 25.3 Å². The molecular weight excluding hydrogens is 633 g/mol. The second-order valence-corrected chi connectivity index (χ2v) is 13.3. The van der Waals surface area contributed by atoms with E-state index in [2.05, 4.69) is 15.0 Å². The molecule has 0 atom stereocenters. The Kier molecular flexibility index (Phi) is 8.11. The first kappa shape index (κ1) is 28.8. The molecule has 43 heavy (non-hydrogen) atoms. The van der Waals surface area contributed by atoms with E-state index in [-0.39, 0.29) is 68.2 Å². The van der Waals surface area contributed by atoms with Crippen molar-refractivity contribution in [2.75, 3.05) is 0 Å². The minimum Gasteiger partial charge on any atom is -0.576 e. The van der Waals surface area contributed by atoms with E-state index in [1.165, 1.54) is 18.6 Å². The Bertz CT molecular complexity index is 1950. The predicted molar refractivity (Wildman–Crippen MR) is 159 cm³/mol. The third kappa shape index (κ3) is 5.70. The summed E-state index contributed by atoms with van der Waals surface area (Å²) in [6.45, 7) is 0. The zero-order valence-corrected chi connectivity index (χ0v) is 25.5. The topological polar surface area (TPSA) is 169 Å². The van der Waals surface area contributed by atoms with Crippen LogP contribution in [0.25, 0.3) is 17.3 Å². The van der Waals surface area contributed by atoms with E-state index in [9.17, 15) is 25.3 Å². The second-order valence-electron chi connectivity index (χ2n) is 9.13. The van der Waals surface area contributed by atoms with E-state index >= 15 is 0 Å². The molecule has 3 heterocycles. The van der Waals surface area contributed by atoms with Crippen LogP contribution < -0.4 is 0 Å². The molecule has 0 unspecified atom stereocenters. The molecule has 16 heteroatoms. The monoisotopic (exact) mass is 651 g/mol. The van der Waals surface area contributed by atoms with Crippen LogP contribution in [0.15, 0.2) is 73.2 Å². The molecule has 0 aromatic carbocycles. The third-order valence-corrected chi connectivity index (χ3v) is 10.4. The molecule has 3 aliphatic carbocycles. The maximum absolute atomic E-state index is 11.9. The predicted octanol–water partition coefficient (Wildman–Crippen LogP) is 1.74. The Balaban J connectivity index is 1.41. The van der Waals surface area contributed by atoms with Gasteiger partial charge in [-0.1, -0.05) is 0 Å². The van der Waals surface area contributed by atoms with Crippen molar-refractivity contribution < 1.29 is 36.6 Å². The van der Waals surface area contributed by atoms with Crippen molar-refractivity contribution >= 4 is 77.9 Å². The van der Waals surface area contributed by atoms with Crippen molar-refractivity contribution in [3.63, 3.8) is 0 Å². The molecular formula is C27H18AlN3O9S3. The molecule has 0 amide bonds. The van der Waals surface area contributed by atoms with Crippen molar-refractivity contribution in [2.24, 2.45) is 0 Å². The highest BCUT2D eigenvalue weighted by molar-refractivity contribution is 7.74. The number of hydrogen-bond acceptors (Lipinski definition) is 12. The average Bonchev–Trinajstić information content (AvgIpc) is 3.01. The molecule has 0 N–H and O–H groups in total. The van der Waals surface area contributed by atoms with Crippen LogP contribution >= 0.6 is 0 Å². The molecule has 0 saturated carbocycles. The zero-order chi connectivity index (χ0) is 30.1. The summed E-state index contributed by atoms with van der Waals surface area (Å²) >= 11 is -3.38. The van der Waals surface area contributed by atoms with Gasteiger partial charge in [0.15, 0.2) is 0 Å². The molecule has 12 nitrogen and oxygen atoms in total. The van der Waals surface area contributed by atoms with Crippen molar-refractivity contribution in [1.82, 2.24) is 15.0 Å². The van der Waals surface area contributed by atoms with Gasteiger partial charge < -0.3 is 11.4 Å². The van der Waals surface area contributed by atoms with Gasteiger partial charge in [0.25, 0.3) is 0 Å². The first-order valence-corrected chi connectivity index (χ1v) is 17.3. The molecule has 0 saturated heterocycles. The maximum atomic E-state index is 11.9. The van der Waals surface area contributed by atoms with Crippen LogP contribution in [-0.4, -0.2) is 69.9 Å². The van der Waals surface area contributed by atoms with E-state index in [0.717, 1.165) is 0 Å². The van der Waals surface area contributed by atoms with Crippen molar-refractivity contribution in [3.05, 3.63) is 107 Å². The maximum Gasteiger partial charge on any atom is 1.20 e. The first-order chi connectivity index (χ1) is 20.8. The number of hydrogen-bond donors (Lipinski definition) is 0. The molecule has 0 bridgehead atoms. The highest BCUT2D eigenvalue weighted by atomic mass is 32.2. The van der Waals surface area contributed by atoms with Crippen LogP contribution in [0.4, 0.5) is 0 Å². The molecule has 216 valence electrons. The quantitative estimate of drug-likeness (QED) is 0.280. The van der Waals surface area contributed by atoms with Gasteiger partial charge in [0, 0.05) is 54.5 Å². The SMILES string of the molecule is O=S(=O)=C1CC=C([O][Al]([O]C2=CCC(=S(=O)=O)c3cccnc32)[O]C2=CCC(=S(=O)=O)c3cccnc32)c2ncccc21. The molecule has 0 spiro atoms. The summed E-state index contributed by atoms with van der Waals surface area (Å²) in [5.41, 5.74) is 1.97. The van der Waals surface area contributed by atoms with E-state index in [1.54, 1.807) is 54.6 Å². The number of aromatic nitrogens is 3. The van der Waals surface area contributed by atoms with Gasteiger partial charge in [-0.05, 0) is 54.6 Å². The summed E-state index contributed by atoms with van der Waals surface area (Å²) in [5, 5.41) is 0. The lowest BCUT2D eigenvalue weighted by Gasteiger charge is -2.26. The number of nitrogens with zero attached hydrogens (tertiary/aromatic N) is 3. The summed E-state index contributed by atoms with van der Waals surface area (Å²) in [7, 11) is -7.44. The summed E-state index contributed by atoms with van der Waals surface area (Å²) < 4.78 is 90.1. The van der Waals surface area contributed by atoms with E-state index < -0.39 is 46.0 Å². The van der Waals surface area contributed by atoms with Crippen molar-refractivity contribution in [1.29, 1.82) is 0 Å². The molecule has 3 aromatic heterocycles. The molecule has 0 aliphatic heterocycles. The summed E-state index contributed by atoms with van der Waals surface area (Å²) in [5.74, 6) is 0.702. The fourth-order valence-electron chi connectivity index (χ4n) is 4.82. The lowest BCUT2D eigenvalue weighted by Crippen LogP contribution is -2.29. The van der Waals surface area contributed by atoms with Crippen LogP contribution in [0, 0.1) is 0 Å². The van der Waals surface area contributed by atoms with Crippen molar-refractivity contribution in [3.8, 4) is 0 Å². The van der Waals surface area contributed by atoms with Crippen LogP contribution in [0.5, 0.6) is 0 Å². The molecule has 6 rings (SSSR count). The lowest BCUT2D eigenvalue weighted by atomic mass is 10.0. The van der Waals surface area contributed by atoms with Gasteiger partial charge in [0.2, 0.25) is 30.9 Å². The van der Waals surface area contributed by atoms with Gasteiger partial charge in [0.05, 0.1) is 14.6 Å². The summed E-state index contributed by atoms with van der Waals surface area (Å²) in [6, 6.07) is 9.71. The minimum absolute atomic E-state index is 0.0483. The van der Waals surface area contributed by atoms with E-state index in [0.29, 0.717) is 16.7 Å². The zero-order valence-electron chi connectivity index (χ0n) is 21.9. The average molecular weight is 652 g/mol. The van der Waals surface area contributed by atoms with Crippen LogP contribution in [-0.2, 0) is 42.2 Å².